The molecule has 2 aromatic heterocycles. The van der Waals surface area contributed by atoms with Gasteiger partial charge in [0.2, 0.25) is 0 Å². The van der Waals surface area contributed by atoms with E-state index >= 15 is 0 Å². The summed E-state index contributed by atoms with van der Waals surface area (Å²) >= 11 is 0. The second-order valence-corrected chi connectivity index (χ2v) is 3.71. The van der Waals surface area contributed by atoms with Crippen molar-refractivity contribution >= 4 is 0 Å². The smallest absolute Gasteiger partial charge is 0.129 e. The van der Waals surface area contributed by atoms with E-state index in [4.69, 9.17) is 19.3 Å². The van der Waals surface area contributed by atoms with E-state index in [0.29, 0.717) is 12.4 Å². The normalized spacial score (nSPS) is 12.9. The molecule has 86 valence electrons. The van der Waals surface area contributed by atoms with Gasteiger partial charge in [-0.1, -0.05) is 0 Å². The van der Waals surface area contributed by atoms with Crippen molar-refractivity contribution in [1.29, 1.82) is 0 Å². The van der Waals surface area contributed by atoms with Crippen LogP contribution in [0.4, 0.5) is 0 Å². The third kappa shape index (κ3) is 2.18. The first-order chi connectivity index (χ1) is 7.70. The quantitative estimate of drug-likeness (QED) is 0.861. The van der Waals surface area contributed by atoms with Crippen molar-refractivity contribution in [2.24, 2.45) is 5.73 Å². The molecule has 0 aliphatic carbocycles. The number of ether oxygens (including phenoxy) is 1. The number of hydrogen-bond donors (Lipinski definition) is 1. The third-order valence-corrected chi connectivity index (χ3v) is 2.39. The molecule has 1 unspecified atom stereocenters. The van der Waals surface area contributed by atoms with Crippen LogP contribution in [-0.4, -0.2) is 7.11 Å². The van der Waals surface area contributed by atoms with Gasteiger partial charge in [0.05, 0.1) is 12.3 Å². The molecular weight excluding hydrogens is 206 g/mol. The average molecular weight is 221 g/mol. The summed E-state index contributed by atoms with van der Waals surface area (Å²) in [5, 5.41) is 0. The van der Waals surface area contributed by atoms with Gasteiger partial charge in [-0.2, -0.15) is 0 Å². The van der Waals surface area contributed by atoms with Gasteiger partial charge in [-0.05, 0) is 25.1 Å². The Hall–Kier alpha value is -1.52. The van der Waals surface area contributed by atoms with Crippen LogP contribution in [0.5, 0.6) is 0 Å². The fourth-order valence-electron chi connectivity index (χ4n) is 1.57. The highest BCUT2D eigenvalue weighted by molar-refractivity contribution is 5.25. The SMILES string of the molecule is COCc1ccc(C(N)c2coc(C)c2)o1. The summed E-state index contributed by atoms with van der Waals surface area (Å²) in [6.45, 7) is 2.34. The molecule has 0 aliphatic heterocycles. The van der Waals surface area contributed by atoms with Crippen molar-refractivity contribution in [2.75, 3.05) is 7.11 Å². The predicted octanol–water partition coefficient (Wildman–Crippen LogP) is 2.38. The van der Waals surface area contributed by atoms with Gasteiger partial charge in [-0.15, -0.1) is 0 Å². The van der Waals surface area contributed by atoms with E-state index in [1.165, 1.54) is 0 Å². The number of furan rings is 2. The van der Waals surface area contributed by atoms with Gasteiger partial charge in [0.15, 0.2) is 0 Å². The Morgan fingerprint density at radius 2 is 2.25 bits per heavy atom. The van der Waals surface area contributed by atoms with Crippen LogP contribution >= 0.6 is 0 Å². The van der Waals surface area contributed by atoms with Crippen molar-refractivity contribution in [1.82, 2.24) is 0 Å². The molecule has 0 spiro atoms. The third-order valence-electron chi connectivity index (χ3n) is 2.39. The molecule has 0 saturated carbocycles. The molecule has 0 fully saturated rings. The number of hydrogen-bond acceptors (Lipinski definition) is 4. The van der Waals surface area contributed by atoms with E-state index in [2.05, 4.69) is 0 Å². The Kier molecular flexibility index (Phi) is 3.12. The Morgan fingerprint density at radius 1 is 1.44 bits per heavy atom. The number of rotatable bonds is 4. The first kappa shape index (κ1) is 11.0. The van der Waals surface area contributed by atoms with Gasteiger partial charge in [-0.25, -0.2) is 0 Å². The zero-order valence-electron chi connectivity index (χ0n) is 9.40. The van der Waals surface area contributed by atoms with E-state index in [1.54, 1.807) is 13.4 Å². The summed E-state index contributed by atoms with van der Waals surface area (Å²) < 4.78 is 15.8. The maximum absolute atomic E-state index is 6.04. The molecule has 0 aliphatic rings. The molecule has 16 heavy (non-hydrogen) atoms. The lowest BCUT2D eigenvalue weighted by atomic mass is 10.1. The fourth-order valence-corrected chi connectivity index (χ4v) is 1.57. The lowest BCUT2D eigenvalue weighted by molar-refractivity contribution is 0.162. The zero-order chi connectivity index (χ0) is 11.5. The largest absolute Gasteiger partial charge is 0.469 e. The van der Waals surface area contributed by atoms with E-state index in [1.807, 2.05) is 25.1 Å². The maximum Gasteiger partial charge on any atom is 0.129 e. The molecule has 0 saturated heterocycles. The van der Waals surface area contributed by atoms with Crippen molar-refractivity contribution in [2.45, 2.75) is 19.6 Å². The molecule has 2 aromatic rings. The van der Waals surface area contributed by atoms with E-state index in [-0.39, 0.29) is 6.04 Å². The topological polar surface area (TPSA) is 61.5 Å². The van der Waals surface area contributed by atoms with E-state index < -0.39 is 0 Å². The summed E-state index contributed by atoms with van der Waals surface area (Å²) in [6, 6.07) is 5.35. The van der Waals surface area contributed by atoms with Crippen LogP contribution in [0.25, 0.3) is 0 Å². The van der Waals surface area contributed by atoms with Crippen LogP contribution in [0.3, 0.4) is 0 Å². The lowest BCUT2D eigenvalue weighted by Gasteiger charge is -2.04. The summed E-state index contributed by atoms with van der Waals surface area (Å²) in [6.07, 6.45) is 1.65. The second kappa shape index (κ2) is 4.55. The van der Waals surface area contributed by atoms with Gasteiger partial charge < -0.3 is 19.3 Å². The van der Waals surface area contributed by atoms with Crippen molar-refractivity contribution < 1.29 is 13.6 Å². The molecule has 2 N–H and O–H groups in total. The molecule has 0 radical (unpaired) electrons. The molecule has 2 heterocycles. The minimum atomic E-state index is -0.289. The highest BCUT2D eigenvalue weighted by atomic mass is 16.5. The van der Waals surface area contributed by atoms with Gasteiger partial charge >= 0.3 is 0 Å². The molecule has 1 atom stereocenters. The first-order valence-electron chi connectivity index (χ1n) is 5.09. The monoisotopic (exact) mass is 221 g/mol. The molecule has 0 amide bonds. The van der Waals surface area contributed by atoms with Crippen molar-refractivity contribution in [3.63, 3.8) is 0 Å². The van der Waals surface area contributed by atoms with Crippen LogP contribution in [0.15, 0.2) is 33.3 Å². The Morgan fingerprint density at radius 3 is 2.88 bits per heavy atom. The maximum atomic E-state index is 6.04. The second-order valence-electron chi connectivity index (χ2n) is 3.71. The Bertz CT molecular complexity index is 458. The van der Waals surface area contributed by atoms with Crippen LogP contribution in [0.1, 0.15) is 28.9 Å². The summed E-state index contributed by atoms with van der Waals surface area (Å²) in [5.74, 6) is 2.33. The molecule has 0 bridgehead atoms. The zero-order valence-corrected chi connectivity index (χ0v) is 9.40. The molecule has 2 rings (SSSR count). The Balaban J connectivity index is 2.17. The van der Waals surface area contributed by atoms with Gasteiger partial charge in [0.25, 0.3) is 0 Å². The number of methoxy groups -OCH3 is 1. The minimum Gasteiger partial charge on any atom is -0.469 e. The van der Waals surface area contributed by atoms with Crippen LogP contribution < -0.4 is 5.73 Å². The van der Waals surface area contributed by atoms with Gasteiger partial charge in [-0.3, -0.25) is 0 Å². The highest BCUT2D eigenvalue weighted by Gasteiger charge is 2.15. The Labute approximate surface area is 94.0 Å². The van der Waals surface area contributed by atoms with Crippen LogP contribution in [0, 0.1) is 6.92 Å². The first-order valence-corrected chi connectivity index (χ1v) is 5.09. The number of nitrogens with two attached hydrogens (primary N) is 1. The highest BCUT2D eigenvalue weighted by Crippen LogP contribution is 2.23. The summed E-state index contributed by atoms with van der Waals surface area (Å²) in [7, 11) is 1.63. The van der Waals surface area contributed by atoms with Crippen LogP contribution in [-0.2, 0) is 11.3 Å². The molecule has 4 nitrogen and oxygen atoms in total. The van der Waals surface area contributed by atoms with Gasteiger partial charge in [0.1, 0.15) is 23.9 Å². The van der Waals surface area contributed by atoms with E-state index in [9.17, 15) is 0 Å². The van der Waals surface area contributed by atoms with E-state index in [0.717, 1.165) is 17.1 Å². The lowest BCUT2D eigenvalue weighted by Crippen LogP contribution is -2.09. The summed E-state index contributed by atoms with van der Waals surface area (Å²) in [5.41, 5.74) is 6.96. The minimum absolute atomic E-state index is 0.289. The average Bonchev–Trinajstić information content (AvgIpc) is 2.87. The fraction of sp³-hybridized carbons (Fsp3) is 0.333. The predicted molar refractivity (Wildman–Crippen MR) is 58.9 cm³/mol. The standard InChI is InChI=1S/C12H15NO3/c1-8-5-9(6-15-8)12(13)11-4-3-10(16-11)7-14-2/h3-6,12H,7,13H2,1-2H3. The van der Waals surface area contributed by atoms with Crippen LogP contribution in [0.2, 0.25) is 0 Å². The molecular formula is C12H15NO3. The van der Waals surface area contributed by atoms with Crippen molar-refractivity contribution in [3.05, 3.63) is 47.3 Å². The van der Waals surface area contributed by atoms with Crippen molar-refractivity contribution in [3.8, 4) is 0 Å². The van der Waals surface area contributed by atoms with Gasteiger partial charge in [0, 0.05) is 12.7 Å². The number of aryl methyl sites for hydroxylation is 1. The molecule has 0 aromatic carbocycles. The molecule has 4 heteroatoms. The summed E-state index contributed by atoms with van der Waals surface area (Å²) in [4.78, 5) is 0.